The first-order chi connectivity index (χ1) is 13.0. The molecule has 0 aromatic heterocycles. The molecule has 3 unspecified atom stereocenters. The Bertz CT molecular complexity index is 609. The van der Waals surface area contributed by atoms with E-state index in [1.807, 2.05) is 0 Å². The number of hydrogen-bond acceptors (Lipinski definition) is 9. The Morgan fingerprint density at radius 3 is 2.61 bits per heavy atom. The van der Waals surface area contributed by atoms with Gasteiger partial charge in [-0.3, -0.25) is 14.4 Å². The number of carbonyl (C=O) groups is 3. The molecule has 0 spiro atoms. The molecule has 0 saturated carbocycles. The van der Waals surface area contributed by atoms with Crippen LogP contribution in [-0.4, -0.2) is 79.7 Å². The summed E-state index contributed by atoms with van der Waals surface area (Å²) in [6, 6.07) is -0.542. The lowest BCUT2D eigenvalue weighted by Crippen LogP contribution is -2.72. The van der Waals surface area contributed by atoms with E-state index < -0.39 is 35.1 Å². The lowest BCUT2D eigenvalue weighted by molar-refractivity contribution is -0.199. The number of hydrogen-bond donors (Lipinski definition) is 1. The molecule has 2 aliphatic heterocycles. The molecular weight excluding hydrogens is 388 g/mol. The van der Waals surface area contributed by atoms with Crippen molar-refractivity contribution in [2.45, 2.75) is 45.4 Å². The summed E-state index contributed by atoms with van der Waals surface area (Å²) in [6.45, 7) is 7.54. The quantitative estimate of drug-likeness (QED) is 0.258. The summed E-state index contributed by atoms with van der Waals surface area (Å²) in [6.07, 6.45) is -1.05. The molecule has 4 atom stereocenters. The van der Waals surface area contributed by atoms with Gasteiger partial charge < -0.3 is 29.6 Å². The number of rotatable bonds is 8. The molecule has 160 valence electrons. The van der Waals surface area contributed by atoms with Gasteiger partial charge in [-0.2, -0.15) is 0 Å². The second-order valence-corrected chi connectivity index (χ2v) is 9.25. The Labute approximate surface area is 169 Å². The smallest absolute Gasteiger partial charge is 0.320 e. The number of β-lactam (4-membered cyclic amide) rings is 1. The van der Waals surface area contributed by atoms with E-state index in [0.717, 1.165) is 0 Å². The Kier molecular flexibility index (Phi) is 7.35. The number of methoxy groups -OCH3 is 1. The molecule has 1 amide bonds. The van der Waals surface area contributed by atoms with E-state index in [0.29, 0.717) is 19.0 Å². The van der Waals surface area contributed by atoms with Crippen LogP contribution in [0.15, 0.2) is 0 Å². The molecule has 28 heavy (non-hydrogen) atoms. The van der Waals surface area contributed by atoms with Crippen LogP contribution in [0.1, 0.15) is 27.7 Å². The van der Waals surface area contributed by atoms with Gasteiger partial charge in [-0.25, -0.2) is 0 Å². The molecule has 0 aromatic carbocycles. The summed E-state index contributed by atoms with van der Waals surface area (Å²) >= 11 is 1.43. The average molecular weight is 419 g/mol. The predicted molar refractivity (Wildman–Crippen MR) is 102 cm³/mol. The third kappa shape index (κ3) is 4.97. The van der Waals surface area contributed by atoms with Crippen molar-refractivity contribution >= 4 is 29.6 Å². The molecule has 0 bridgehead atoms. The van der Waals surface area contributed by atoms with Crippen molar-refractivity contribution in [3.05, 3.63) is 0 Å². The zero-order valence-electron chi connectivity index (χ0n) is 17.1. The molecule has 0 aliphatic carbocycles. The standard InChI is InChI=1S/C18H30N2O7S/c1-11(26-15(22)17(2,3)4)27-16(23)18(9-25-7-6-24-5)8-20-13(21)12(19)14(20)28-10-18/h11-12,14H,6-10,19H2,1-5H3/t11?,12?,14-,18?/m1/s1. The fourth-order valence-electron chi connectivity index (χ4n) is 2.84. The van der Waals surface area contributed by atoms with Gasteiger partial charge in [-0.1, -0.05) is 0 Å². The zero-order valence-corrected chi connectivity index (χ0v) is 17.9. The predicted octanol–water partition coefficient (Wildman–Crippen LogP) is 0.357. The monoisotopic (exact) mass is 418 g/mol. The van der Waals surface area contributed by atoms with Crippen LogP contribution in [0, 0.1) is 10.8 Å². The van der Waals surface area contributed by atoms with Crippen molar-refractivity contribution < 1.29 is 33.3 Å². The number of esters is 2. The SMILES string of the molecule is COCCOCC1(C(=O)OC(C)OC(=O)C(C)(C)C)CS[C@@H]2C(N)C(=O)N2C1. The van der Waals surface area contributed by atoms with E-state index in [4.69, 9.17) is 24.7 Å². The van der Waals surface area contributed by atoms with Gasteiger partial charge in [-0.15, -0.1) is 11.8 Å². The topological polar surface area (TPSA) is 117 Å². The number of fused-ring (bicyclic) bond motifs is 1. The molecule has 2 N–H and O–H groups in total. The van der Waals surface area contributed by atoms with Crippen LogP contribution in [0.5, 0.6) is 0 Å². The minimum Gasteiger partial charge on any atom is -0.425 e. The van der Waals surface area contributed by atoms with E-state index in [1.165, 1.54) is 18.7 Å². The van der Waals surface area contributed by atoms with Gasteiger partial charge in [0.2, 0.25) is 12.2 Å². The van der Waals surface area contributed by atoms with Gasteiger partial charge in [-0.05, 0) is 20.8 Å². The van der Waals surface area contributed by atoms with E-state index in [9.17, 15) is 14.4 Å². The van der Waals surface area contributed by atoms with Crippen LogP contribution in [-0.2, 0) is 33.3 Å². The van der Waals surface area contributed by atoms with Gasteiger partial charge in [0.25, 0.3) is 0 Å². The lowest BCUT2D eigenvalue weighted by atomic mass is 9.88. The van der Waals surface area contributed by atoms with Crippen LogP contribution >= 0.6 is 11.8 Å². The summed E-state index contributed by atoms with van der Waals surface area (Å²) in [5.41, 5.74) is 4.05. The first-order valence-corrected chi connectivity index (χ1v) is 10.2. The first-order valence-electron chi connectivity index (χ1n) is 9.18. The van der Waals surface area contributed by atoms with Crippen LogP contribution in [0.25, 0.3) is 0 Å². The van der Waals surface area contributed by atoms with E-state index in [-0.39, 0.29) is 24.4 Å². The Morgan fingerprint density at radius 2 is 2.00 bits per heavy atom. The highest BCUT2D eigenvalue weighted by atomic mass is 32.2. The maximum atomic E-state index is 13.0. The number of thioether (sulfide) groups is 1. The fraction of sp³-hybridized carbons (Fsp3) is 0.833. The molecule has 2 aliphatic rings. The van der Waals surface area contributed by atoms with E-state index >= 15 is 0 Å². The van der Waals surface area contributed by atoms with Crippen LogP contribution in [0.3, 0.4) is 0 Å². The summed E-state index contributed by atoms with van der Waals surface area (Å²) in [4.78, 5) is 38.6. The minimum atomic E-state index is -1.06. The zero-order chi connectivity index (χ0) is 21.1. The van der Waals surface area contributed by atoms with Gasteiger partial charge >= 0.3 is 11.9 Å². The number of ether oxygens (including phenoxy) is 4. The van der Waals surface area contributed by atoms with Crippen molar-refractivity contribution in [2.75, 3.05) is 39.2 Å². The second-order valence-electron chi connectivity index (χ2n) is 8.15. The third-order valence-electron chi connectivity index (χ3n) is 4.59. The molecule has 2 fully saturated rings. The summed E-state index contributed by atoms with van der Waals surface area (Å²) in [5.74, 6) is -0.849. The van der Waals surface area contributed by atoms with Crippen LogP contribution in [0.4, 0.5) is 0 Å². The van der Waals surface area contributed by atoms with Gasteiger partial charge in [0, 0.05) is 26.3 Å². The lowest BCUT2D eigenvalue weighted by Gasteiger charge is -2.53. The first kappa shape index (κ1) is 22.9. The number of nitrogens with zero attached hydrogens (tertiary/aromatic N) is 1. The highest BCUT2D eigenvalue weighted by molar-refractivity contribution is 8.00. The van der Waals surface area contributed by atoms with Gasteiger partial charge in [0.15, 0.2) is 0 Å². The van der Waals surface area contributed by atoms with Crippen molar-refractivity contribution in [2.24, 2.45) is 16.6 Å². The van der Waals surface area contributed by atoms with Gasteiger partial charge in [0.1, 0.15) is 16.8 Å². The Hall–Kier alpha value is -1.36. The number of nitrogens with two attached hydrogens (primary N) is 1. The van der Waals surface area contributed by atoms with E-state index in [1.54, 1.807) is 32.8 Å². The van der Waals surface area contributed by atoms with Crippen LogP contribution < -0.4 is 5.73 Å². The highest BCUT2D eigenvalue weighted by Crippen LogP contribution is 2.42. The minimum absolute atomic E-state index is 0.0634. The molecular formula is C18H30N2O7S. The van der Waals surface area contributed by atoms with E-state index in [2.05, 4.69) is 0 Å². The molecule has 2 saturated heterocycles. The van der Waals surface area contributed by atoms with Crippen LogP contribution in [0.2, 0.25) is 0 Å². The maximum Gasteiger partial charge on any atom is 0.320 e. The average Bonchev–Trinajstić information content (AvgIpc) is 2.63. The Morgan fingerprint density at radius 1 is 1.32 bits per heavy atom. The summed E-state index contributed by atoms with van der Waals surface area (Å²) in [7, 11) is 1.56. The Balaban J connectivity index is 2.05. The number of amides is 1. The fourth-order valence-corrected chi connectivity index (χ4v) is 4.30. The molecule has 9 nitrogen and oxygen atoms in total. The highest BCUT2D eigenvalue weighted by Gasteiger charge is 2.56. The normalized spacial score (nSPS) is 28.2. The van der Waals surface area contributed by atoms with Crippen molar-refractivity contribution in [1.82, 2.24) is 4.90 Å². The molecule has 0 aromatic rings. The van der Waals surface area contributed by atoms with Gasteiger partial charge in [0.05, 0.1) is 25.2 Å². The molecule has 2 heterocycles. The van der Waals surface area contributed by atoms with Crippen molar-refractivity contribution in [3.63, 3.8) is 0 Å². The number of carbonyl (C=O) groups excluding carboxylic acids is 3. The largest absolute Gasteiger partial charge is 0.425 e. The molecule has 10 heteroatoms. The third-order valence-corrected chi connectivity index (χ3v) is 6.20. The molecule has 2 rings (SSSR count). The second kappa shape index (κ2) is 8.98. The summed E-state index contributed by atoms with van der Waals surface area (Å²) in [5, 5.41) is -0.136. The molecule has 0 radical (unpaired) electrons. The summed E-state index contributed by atoms with van der Waals surface area (Å²) < 4.78 is 21.2. The maximum absolute atomic E-state index is 13.0. The van der Waals surface area contributed by atoms with Crippen molar-refractivity contribution in [1.29, 1.82) is 0 Å². The van der Waals surface area contributed by atoms with Crippen molar-refractivity contribution in [3.8, 4) is 0 Å².